The van der Waals surface area contributed by atoms with Crippen LogP contribution in [-0.2, 0) is 4.79 Å². The summed E-state index contributed by atoms with van der Waals surface area (Å²) >= 11 is 9.02. The first-order valence-electron chi connectivity index (χ1n) is 5.57. The molecule has 1 amide bonds. The minimum atomic E-state index is -0.622. The van der Waals surface area contributed by atoms with Gasteiger partial charge in [-0.2, -0.15) is 0 Å². The molecule has 100 valence electrons. The zero-order chi connectivity index (χ0) is 13.9. The van der Waals surface area contributed by atoms with E-state index in [1.807, 2.05) is 13.8 Å². The average Bonchev–Trinajstić information content (AvgIpc) is 2.31. The number of nitrogens with two attached hydrogens (primary N) is 1. The Hall–Kier alpha value is -0.650. The number of hydrogen-bond acceptors (Lipinski definition) is 2. The molecule has 3 N–H and O–H groups in total. The van der Waals surface area contributed by atoms with Gasteiger partial charge in [-0.3, -0.25) is 4.79 Å². The highest BCUT2D eigenvalue weighted by molar-refractivity contribution is 9.10. The number of amides is 1. The normalized spacial score (nSPS) is 14.1. The molecule has 0 aliphatic rings. The quantitative estimate of drug-likeness (QED) is 0.882. The van der Waals surface area contributed by atoms with Gasteiger partial charge in [-0.05, 0) is 34.0 Å². The van der Waals surface area contributed by atoms with E-state index in [9.17, 15) is 9.18 Å². The molecule has 0 heterocycles. The number of carbonyl (C=O) groups is 1. The lowest BCUT2D eigenvalue weighted by atomic mass is 9.99. The number of carbonyl (C=O) groups excluding carboxylic acids is 1. The van der Waals surface area contributed by atoms with E-state index >= 15 is 0 Å². The first-order chi connectivity index (χ1) is 8.36. The molecule has 1 unspecified atom stereocenters. The highest BCUT2D eigenvalue weighted by Crippen LogP contribution is 2.31. The Bertz CT molecular complexity index is 433. The molecule has 1 aromatic carbocycles. The molecule has 0 saturated heterocycles. The Morgan fingerprint density at radius 3 is 2.72 bits per heavy atom. The lowest BCUT2D eigenvalue weighted by Gasteiger charge is -2.18. The van der Waals surface area contributed by atoms with Crippen molar-refractivity contribution < 1.29 is 9.18 Å². The summed E-state index contributed by atoms with van der Waals surface area (Å²) in [6.45, 7) is 3.85. The molecule has 0 saturated carbocycles. The Balaban J connectivity index is 2.89. The first kappa shape index (κ1) is 15.4. The predicted octanol–water partition coefficient (Wildman–Crippen LogP) is 3.55. The highest BCUT2D eigenvalue weighted by Gasteiger charge is 2.21. The Labute approximate surface area is 119 Å². The second kappa shape index (κ2) is 6.50. The number of rotatable bonds is 4. The summed E-state index contributed by atoms with van der Waals surface area (Å²) in [6, 6.07) is 1.75. The van der Waals surface area contributed by atoms with Crippen molar-refractivity contribution in [1.29, 1.82) is 0 Å². The molecule has 1 rings (SSSR count). The smallest absolute Gasteiger partial charge is 0.241 e. The van der Waals surface area contributed by atoms with Crippen molar-refractivity contribution in [1.82, 2.24) is 0 Å². The van der Waals surface area contributed by atoms with Gasteiger partial charge in [-0.15, -0.1) is 0 Å². The van der Waals surface area contributed by atoms with Crippen molar-refractivity contribution >= 4 is 39.1 Å². The van der Waals surface area contributed by atoms with Crippen LogP contribution < -0.4 is 11.1 Å². The lowest BCUT2D eigenvalue weighted by Crippen LogP contribution is -2.40. The fourth-order valence-corrected chi connectivity index (χ4v) is 2.28. The van der Waals surface area contributed by atoms with Crippen molar-refractivity contribution in [2.24, 2.45) is 11.7 Å². The van der Waals surface area contributed by atoms with Gasteiger partial charge < -0.3 is 11.1 Å². The van der Waals surface area contributed by atoms with Gasteiger partial charge in [0.2, 0.25) is 5.91 Å². The third kappa shape index (κ3) is 3.67. The number of halogens is 3. The van der Waals surface area contributed by atoms with Crippen LogP contribution in [0.4, 0.5) is 10.1 Å². The molecule has 0 bridgehead atoms. The molecular formula is C12H15BrClFN2O. The van der Waals surface area contributed by atoms with Crippen LogP contribution in [0.2, 0.25) is 5.02 Å². The van der Waals surface area contributed by atoms with Gasteiger partial charge in [-0.25, -0.2) is 4.39 Å². The lowest BCUT2D eigenvalue weighted by molar-refractivity contribution is -0.118. The molecular weight excluding hydrogens is 322 g/mol. The maximum Gasteiger partial charge on any atom is 0.241 e. The number of benzene rings is 1. The minimum Gasteiger partial charge on any atom is -0.322 e. The van der Waals surface area contributed by atoms with Crippen LogP contribution in [0.1, 0.15) is 20.3 Å². The Morgan fingerprint density at radius 2 is 2.22 bits per heavy atom. The van der Waals surface area contributed by atoms with Gasteiger partial charge >= 0.3 is 0 Å². The molecule has 0 aromatic heterocycles. The van der Waals surface area contributed by atoms with Crippen molar-refractivity contribution in [2.75, 3.05) is 5.32 Å². The van der Waals surface area contributed by atoms with E-state index in [0.29, 0.717) is 10.2 Å². The summed E-state index contributed by atoms with van der Waals surface area (Å²) in [7, 11) is 0. The van der Waals surface area contributed by atoms with Crippen molar-refractivity contribution in [3.05, 3.63) is 27.4 Å². The average molecular weight is 338 g/mol. The number of hydrogen-bond donors (Lipinski definition) is 2. The molecule has 0 fully saturated rings. The predicted molar refractivity (Wildman–Crippen MR) is 75.2 cm³/mol. The molecule has 3 nitrogen and oxygen atoms in total. The highest BCUT2D eigenvalue weighted by atomic mass is 79.9. The SMILES string of the molecule is CCC(C)[C@H](N)C(=O)Nc1c(Cl)cc(F)cc1Br. The second-order valence-corrected chi connectivity index (χ2v) is 5.41. The van der Waals surface area contributed by atoms with Crippen molar-refractivity contribution in [3.63, 3.8) is 0 Å². The van der Waals surface area contributed by atoms with Crippen LogP contribution in [0.15, 0.2) is 16.6 Å². The van der Waals surface area contributed by atoms with E-state index in [1.165, 1.54) is 6.07 Å². The first-order valence-corrected chi connectivity index (χ1v) is 6.74. The van der Waals surface area contributed by atoms with Gasteiger partial charge in [0.15, 0.2) is 0 Å². The van der Waals surface area contributed by atoms with Gasteiger partial charge in [0.05, 0.1) is 16.8 Å². The summed E-state index contributed by atoms with van der Waals surface area (Å²) in [5.41, 5.74) is 6.14. The van der Waals surface area contributed by atoms with E-state index in [4.69, 9.17) is 17.3 Å². The maximum absolute atomic E-state index is 13.0. The Morgan fingerprint density at radius 1 is 1.61 bits per heavy atom. The molecule has 6 heteroatoms. The molecule has 0 radical (unpaired) electrons. The van der Waals surface area contributed by atoms with Crippen LogP contribution in [0.25, 0.3) is 0 Å². The van der Waals surface area contributed by atoms with Crippen LogP contribution >= 0.6 is 27.5 Å². The molecule has 1 aromatic rings. The number of anilines is 1. The minimum absolute atomic E-state index is 0.0583. The zero-order valence-electron chi connectivity index (χ0n) is 10.1. The fraction of sp³-hybridized carbons (Fsp3) is 0.417. The van der Waals surface area contributed by atoms with Crippen molar-refractivity contribution in [3.8, 4) is 0 Å². The number of nitrogens with one attached hydrogen (secondary N) is 1. The topological polar surface area (TPSA) is 55.1 Å². The van der Waals surface area contributed by atoms with Crippen LogP contribution in [0, 0.1) is 11.7 Å². The third-order valence-electron chi connectivity index (χ3n) is 2.81. The zero-order valence-corrected chi connectivity index (χ0v) is 12.5. The summed E-state index contributed by atoms with van der Waals surface area (Å²) < 4.78 is 13.4. The molecule has 0 spiro atoms. The van der Waals surface area contributed by atoms with Gasteiger partial charge in [-0.1, -0.05) is 31.9 Å². The second-order valence-electron chi connectivity index (χ2n) is 4.15. The van der Waals surface area contributed by atoms with E-state index < -0.39 is 11.9 Å². The van der Waals surface area contributed by atoms with Crippen LogP contribution in [-0.4, -0.2) is 11.9 Å². The maximum atomic E-state index is 13.0. The van der Waals surface area contributed by atoms with Crippen LogP contribution in [0.5, 0.6) is 0 Å². The summed E-state index contributed by atoms with van der Waals surface area (Å²) in [5, 5.41) is 2.74. The summed E-state index contributed by atoms with van der Waals surface area (Å²) in [4.78, 5) is 11.9. The molecule has 2 atom stereocenters. The van der Waals surface area contributed by atoms with E-state index in [1.54, 1.807) is 0 Å². The van der Waals surface area contributed by atoms with Gasteiger partial charge in [0.1, 0.15) is 5.82 Å². The summed E-state index contributed by atoms with van der Waals surface area (Å²) in [5.74, 6) is -0.752. The van der Waals surface area contributed by atoms with E-state index in [2.05, 4.69) is 21.2 Å². The molecule has 0 aliphatic heterocycles. The molecule has 18 heavy (non-hydrogen) atoms. The van der Waals surface area contributed by atoms with E-state index in [-0.39, 0.29) is 16.8 Å². The van der Waals surface area contributed by atoms with Gasteiger partial charge in [0.25, 0.3) is 0 Å². The van der Waals surface area contributed by atoms with E-state index in [0.717, 1.165) is 12.5 Å². The Kier molecular flexibility index (Phi) is 5.56. The molecule has 0 aliphatic carbocycles. The van der Waals surface area contributed by atoms with Gasteiger partial charge in [0, 0.05) is 4.47 Å². The fourth-order valence-electron chi connectivity index (χ4n) is 1.38. The monoisotopic (exact) mass is 336 g/mol. The summed E-state index contributed by atoms with van der Waals surface area (Å²) in [6.07, 6.45) is 0.799. The van der Waals surface area contributed by atoms with Crippen LogP contribution in [0.3, 0.4) is 0 Å². The largest absolute Gasteiger partial charge is 0.322 e. The standard InChI is InChI=1S/C12H15BrClFN2O/c1-3-6(2)10(16)12(18)17-11-8(13)4-7(15)5-9(11)14/h4-6,10H,3,16H2,1-2H3,(H,17,18)/t6?,10-/m0/s1. The van der Waals surface area contributed by atoms with Crippen molar-refractivity contribution in [2.45, 2.75) is 26.3 Å². The third-order valence-corrected chi connectivity index (χ3v) is 3.74.